The van der Waals surface area contributed by atoms with Crippen LogP contribution in [-0.4, -0.2) is 44.1 Å². The Morgan fingerprint density at radius 2 is 1.89 bits per heavy atom. The van der Waals surface area contributed by atoms with Crippen LogP contribution in [0.5, 0.6) is 0 Å². The Morgan fingerprint density at radius 3 is 2.67 bits per heavy atom. The second kappa shape index (κ2) is 9.31. The summed E-state index contributed by atoms with van der Waals surface area (Å²) in [5.74, 6) is -0.703. The molecule has 36 heavy (non-hydrogen) atoms. The SMILES string of the molecule is O=C(Nc1ccc(-c2ccccc2F)nc1)c1n[nH]c2ccc(-c3cncc(CN4CCC4)c3)cc12. The van der Waals surface area contributed by atoms with E-state index in [-0.39, 0.29) is 17.4 Å². The van der Waals surface area contributed by atoms with Gasteiger partial charge in [0.15, 0.2) is 5.69 Å². The number of H-pyrrole nitrogens is 1. The highest BCUT2D eigenvalue weighted by molar-refractivity contribution is 6.11. The first-order valence-electron chi connectivity index (χ1n) is 11.8. The number of hydrogen-bond acceptors (Lipinski definition) is 5. The molecule has 1 saturated heterocycles. The summed E-state index contributed by atoms with van der Waals surface area (Å²) in [7, 11) is 0. The highest BCUT2D eigenvalue weighted by atomic mass is 19.1. The second-order valence-electron chi connectivity index (χ2n) is 8.91. The van der Waals surface area contributed by atoms with Crippen molar-refractivity contribution in [2.45, 2.75) is 13.0 Å². The molecule has 0 saturated carbocycles. The lowest BCUT2D eigenvalue weighted by atomic mass is 10.0. The number of carbonyl (C=O) groups excluding carboxylic acids is 1. The van der Waals surface area contributed by atoms with E-state index in [0.29, 0.717) is 22.3 Å². The number of rotatable bonds is 6. The third-order valence-electron chi connectivity index (χ3n) is 6.43. The summed E-state index contributed by atoms with van der Waals surface area (Å²) in [5, 5.41) is 10.7. The van der Waals surface area contributed by atoms with Crippen LogP contribution in [-0.2, 0) is 6.54 Å². The number of pyridine rings is 2. The van der Waals surface area contributed by atoms with E-state index in [4.69, 9.17) is 0 Å². The normalized spacial score (nSPS) is 13.5. The average Bonchev–Trinajstić information content (AvgIpc) is 3.31. The summed E-state index contributed by atoms with van der Waals surface area (Å²) in [4.78, 5) is 24.2. The smallest absolute Gasteiger partial charge is 0.276 e. The van der Waals surface area contributed by atoms with Crippen molar-refractivity contribution < 1.29 is 9.18 Å². The lowest BCUT2D eigenvalue weighted by molar-refractivity contribution is 0.102. The van der Waals surface area contributed by atoms with E-state index in [1.807, 2.05) is 30.6 Å². The van der Waals surface area contributed by atoms with Gasteiger partial charge in [0.05, 0.1) is 23.1 Å². The van der Waals surface area contributed by atoms with Gasteiger partial charge in [0.1, 0.15) is 5.82 Å². The summed E-state index contributed by atoms with van der Waals surface area (Å²) in [5.41, 5.74) is 5.58. The van der Waals surface area contributed by atoms with Crippen LogP contribution < -0.4 is 5.32 Å². The molecule has 7 nitrogen and oxygen atoms in total. The van der Waals surface area contributed by atoms with Gasteiger partial charge in [-0.2, -0.15) is 5.10 Å². The first kappa shape index (κ1) is 22.1. The number of aromatic nitrogens is 4. The fourth-order valence-electron chi connectivity index (χ4n) is 4.38. The molecule has 1 aliphatic heterocycles. The quantitative estimate of drug-likeness (QED) is 0.347. The lowest BCUT2D eigenvalue weighted by Crippen LogP contribution is -2.36. The number of aromatic amines is 1. The van der Waals surface area contributed by atoms with Crippen molar-refractivity contribution in [2.75, 3.05) is 18.4 Å². The average molecular weight is 479 g/mol. The maximum atomic E-state index is 14.0. The summed E-state index contributed by atoms with van der Waals surface area (Å²) < 4.78 is 14.0. The zero-order valence-corrected chi connectivity index (χ0v) is 19.4. The molecule has 8 heteroatoms. The van der Waals surface area contributed by atoms with E-state index in [1.165, 1.54) is 24.2 Å². The molecule has 3 aromatic heterocycles. The van der Waals surface area contributed by atoms with Gasteiger partial charge in [-0.1, -0.05) is 18.2 Å². The lowest BCUT2D eigenvalue weighted by Gasteiger charge is -2.30. The predicted octanol–water partition coefficient (Wildman–Crippen LogP) is 5.28. The Hall–Kier alpha value is -4.43. The van der Waals surface area contributed by atoms with Gasteiger partial charge < -0.3 is 5.32 Å². The number of halogens is 1. The van der Waals surface area contributed by atoms with Crippen molar-refractivity contribution in [3.8, 4) is 22.4 Å². The van der Waals surface area contributed by atoms with E-state index >= 15 is 0 Å². The Balaban J connectivity index is 1.23. The third-order valence-corrected chi connectivity index (χ3v) is 6.43. The van der Waals surface area contributed by atoms with E-state index < -0.39 is 0 Å². The number of anilines is 1. The Morgan fingerprint density at radius 1 is 1.00 bits per heavy atom. The maximum absolute atomic E-state index is 14.0. The summed E-state index contributed by atoms with van der Waals surface area (Å²) in [6.07, 6.45) is 6.50. The molecular formula is C28H23FN6O. The molecule has 4 heterocycles. The minimum absolute atomic E-state index is 0.287. The van der Waals surface area contributed by atoms with Gasteiger partial charge in [0.25, 0.3) is 5.91 Å². The van der Waals surface area contributed by atoms with Gasteiger partial charge in [-0.3, -0.25) is 24.8 Å². The molecule has 6 rings (SSSR count). The van der Waals surface area contributed by atoms with E-state index in [9.17, 15) is 9.18 Å². The number of fused-ring (bicyclic) bond motifs is 1. The molecule has 0 spiro atoms. The summed E-state index contributed by atoms with van der Waals surface area (Å²) in [6, 6.07) is 17.8. The van der Waals surface area contributed by atoms with Crippen LogP contribution in [0.25, 0.3) is 33.3 Å². The van der Waals surface area contributed by atoms with Crippen LogP contribution in [0, 0.1) is 5.82 Å². The Kier molecular flexibility index (Phi) is 5.71. The second-order valence-corrected chi connectivity index (χ2v) is 8.91. The number of hydrogen-bond donors (Lipinski definition) is 2. The van der Waals surface area contributed by atoms with Gasteiger partial charge in [-0.25, -0.2) is 4.39 Å². The van der Waals surface area contributed by atoms with Crippen LogP contribution in [0.1, 0.15) is 22.5 Å². The Bertz CT molecular complexity index is 1560. The fraction of sp³-hybridized carbons (Fsp3) is 0.143. The van der Waals surface area contributed by atoms with Crippen LogP contribution in [0.15, 0.2) is 79.3 Å². The maximum Gasteiger partial charge on any atom is 0.276 e. The number of carbonyl (C=O) groups is 1. The molecule has 0 unspecified atom stereocenters. The number of nitrogens with one attached hydrogen (secondary N) is 2. The molecule has 178 valence electrons. The zero-order valence-electron chi connectivity index (χ0n) is 19.4. The molecule has 1 aliphatic rings. The van der Waals surface area contributed by atoms with Crippen molar-refractivity contribution >= 4 is 22.5 Å². The summed E-state index contributed by atoms with van der Waals surface area (Å²) >= 11 is 0. The van der Waals surface area contributed by atoms with Gasteiger partial charge in [0, 0.05) is 35.5 Å². The van der Waals surface area contributed by atoms with Gasteiger partial charge in [-0.05, 0) is 73.1 Å². The molecule has 0 atom stereocenters. The van der Waals surface area contributed by atoms with E-state index in [2.05, 4.69) is 36.4 Å². The third kappa shape index (κ3) is 4.34. The van der Waals surface area contributed by atoms with Gasteiger partial charge in [-0.15, -0.1) is 0 Å². The number of amides is 1. The van der Waals surface area contributed by atoms with Crippen LogP contribution in [0.3, 0.4) is 0 Å². The summed E-state index contributed by atoms with van der Waals surface area (Å²) in [6.45, 7) is 3.16. The highest BCUT2D eigenvalue weighted by Crippen LogP contribution is 2.27. The van der Waals surface area contributed by atoms with Gasteiger partial charge >= 0.3 is 0 Å². The first-order valence-corrected chi connectivity index (χ1v) is 11.8. The molecule has 2 N–H and O–H groups in total. The molecule has 0 radical (unpaired) electrons. The fourth-order valence-corrected chi connectivity index (χ4v) is 4.38. The van der Waals surface area contributed by atoms with E-state index in [1.54, 1.807) is 30.3 Å². The van der Waals surface area contributed by atoms with Crippen molar-refractivity contribution in [3.63, 3.8) is 0 Å². The standard InChI is InChI=1S/C28H23FN6O/c29-24-5-2-1-4-22(24)25-9-7-21(16-31-25)32-28(36)27-23-13-19(6-8-26(23)33-34-27)20-12-18(14-30-15-20)17-35-10-3-11-35/h1-2,4-9,12-16H,3,10-11,17H2,(H,32,36)(H,33,34). The van der Waals surface area contributed by atoms with Crippen LogP contribution >= 0.6 is 0 Å². The van der Waals surface area contributed by atoms with Crippen molar-refractivity contribution in [2.24, 2.45) is 0 Å². The Labute approximate surface area is 207 Å². The molecule has 1 fully saturated rings. The number of likely N-dealkylation sites (tertiary alicyclic amines) is 1. The predicted molar refractivity (Wildman–Crippen MR) is 137 cm³/mol. The van der Waals surface area contributed by atoms with Crippen LogP contribution in [0.2, 0.25) is 0 Å². The monoisotopic (exact) mass is 478 g/mol. The topological polar surface area (TPSA) is 86.8 Å². The molecular weight excluding hydrogens is 455 g/mol. The molecule has 0 bridgehead atoms. The van der Waals surface area contributed by atoms with Crippen molar-refractivity contribution in [1.29, 1.82) is 0 Å². The van der Waals surface area contributed by atoms with Crippen molar-refractivity contribution in [3.05, 3.63) is 96.3 Å². The van der Waals surface area contributed by atoms with Gasteiger partial charge in [0.2, 0.25) is 0 Å². The minimum atomic E-state index is -0.358. The zero-order chi connectivity index (χ0) is 24.5. The molecule has 2 aromatic carbocycles. The number of nitrogens with zero attached hydrogens (tertiary/aromatic N) is 4. The van der Waals surface area contributed by atoms with Crippen molar-refractivity contribution in [1.82, 2.24) is 25.1 Å². The molecule has 1 amide bonds. The highest BCUT2D eigenvalue weighted by Gasteiger charge is 2.17. The molecule has 0 aliphatic carbocycles. The van der Waals surface area contributed by atoms with Crippen LogP contribution in [0.4, 0.5) is 10.1 Å². The molecule has 5 aromatic rings. The minimum Gasteiger partial charge on any atom is -0.319 e. The largest absolute Gasteiger partial charge is 0.319 e. The number of benzene rings is 2. The first-order chi connectivity index (χ1) is 17.6. The van der Waals surface area contributed by atoms with E-state index in [0.717, 1.165) is 36.3 Å².